The second-order valence-electron chi connectivity index (χ2n) is 1.99. The number of carbonyl (C=O) groups excluding carboxylic acids is 1. The van der Waals surface area contributed by atoms with Crippen LogP contribution in [0.25, 0.3) is 0 Å². The van der Waals surface area contributed by atoms with Crippen molar-refractivity contribution in [3.63, 3.8) is 0 Å². The molecule has 0 bridgehead atoms. The summed E-state index contributed by atoms with van der Waals surface area (Å²) in [5.41, 5.74) is 0.776. The van der Waals surface area contributed by atoms with Gasteiger partial charge in [0, 0.05) is 12.7 Å². The monoisotopic (exact) mass is 154 g/mol. The molecule has 4 heteroatoms. The van der Waals surface area contributed by atoms with Crippen molar-refractivity contribution in [2.24, 2.45) is 0 Å². The van der Waals surface area contributed by atoms with Crippen molar-refractivity contribution in [3.8, 4) is 0 Å². The van der Waals surface area contributed by atoms with Crippen LogP contribution in [-0.2, 0) is 11.3 Å². The van der Waals surface area contributed by atoms with Gasteiger partial charge in [0.25, 0.3) is 0 Å². The number of hydrogen-bond acceptors (Lipinski definition) is 2. The fourth-order valence-corrected chi connectivity index (χ4v) is 0.671. The highest BCUT2D eigenvalue weighted by atomic mass is 19.1. The normalized spacial score (nSPS) is 9.18. The summed E-state index contributed by atoms with van der Waals surface area (Å²) in [4.78, 5) is 13.2. The molecular weight excluding hydrogens is 147 g/mol. The van der Waals surface area contributed by atoms with Gasteiger partial charge in [0.1, 0.15) is 0 Å². The molecule has 0 aliphatic rings. The Morgan fingerprint density at radius 1 is 1.64 bits per heavy atom. The van der Waals surface area contributed by atoms with E-state index in [2.05, 4.69) is 10.3 Å². The number of halogens is 1. The first kappa shape index (κ1) is 7.65. The Morgan fingerprint density at radius 2 is 2.45 bits per heavy atom. The van der Waals surface area contributed by atoms with E-state index in [-0.39, 0.29) is 0 Å². The second kappa shape index (κ2) is 3.65. The van der Waals surface area contributed by atoms with Crippen LogP contribution >= 0.6 is 0 Å². The van der Waals surface area contributed by atoms with Gasteiger partial charge in [-0.2, -0.15) is 4.39 Å². The first-order valence-electron chi connectivity index (χ1n) is 3.10. The summed E-state index contributed by atoms with van der Waals surface area (Å²) in [6.45, 7) is 0.386. The zero-order valence-corrected chi connectivity index (χ0v) is 5.75. The predicted molar refractivity (Wildman–Crippen MR) is 37.1 cm³/mol. The van der Waals surface area contributed by atoms with E-state index in [1.54, 1.807) is 6.07 Å². The maximum absolute atomic E-state index is 12.2. The third-order valence-corrected chi connectivity index (χ3v) is 1.18. The van der Waals surface area contributed by atoms with Crippen molar-refractivity contribution in [2.45, 2.75) is 6.54 Å². The Hall–Kier alpha value is -1.45. The highest BCUT2D eigenvalue weighted by Crippen LogP contribution is 1.97. The van der Waals surface area contributed by atoms with Gasteiger partial charge in [0.2, 0.25) is 12.4 Å². The molecule has 0 saturated carbocycles. The van der Waals surface area contributed by atoms with Gasteiger partial charge in [-0.25, -0.2) is 4.98 Å². The average Bonchev–Trinajstić information content (AvgIpc) is 2.04. The van der Waals surface area contributed by atoms with Crippen molar-refractivity contribution in [2.75, 3.05) is 0 Å². The lowest BCUT2D eigenvalue weighted by molar-refractivity contribution is -0.109. The van der Waals surface area contributed by atoms with Crippen LogP contribution in [0, 0.1) is 5.95 Å². The molecule has 0 aliphatic heterocycles. The van der Waals surface area contributed by atoms with Gasteiger partial charge in [-0.3, -0.25) is 4.79 Å². The van der Waals surface area contributed by atoms with Crippen LogP contribution in [0.15, 0.2) is 18.3 Å². The molecule has 0 unspecified atom stereocenters. The fourth-order valence-electron chi connectivity index (χ4n) is 0.671. The van der Waals surface area contributed by atoms with Crippen LogP contribution in [-0.4, -0.2) is 11.4 Å². The van der Waals surface area contributed by atoms with E-state index in [9.17, 15) is 9.18 Å². The highest BCUT2D eigenvalue weighted by Gasteiger charge is 1.92. The molecule has 1 amide bonds. The number of aromatic nitrogens is 1. The van der Waals surface area contributed by atoms with E-state index in [0.29, 0.717) is 13.0 Å². The molecule has 1 heterocycles. The number of hydrogen-bond donors (Lipinski definition) is 1. The Bertz CT molecular complexity index is 235. The zero-order valence-electron chi connectivity index (χ0n) is 5.75. The standard InChI is InChI=1S/C7H7FN2O/c8-7-2-1-6(4-10-7)3-9-5-11/h1-2,4-5H,3H2,(H,9,11). The van der Waals surface area contributed by atoms with E-state index in [1.165, 1.54) is 12.3 Å². The molecule has 3 nitrogen and oxygen atoms in total. The Kier molecular flexibility index (Phi) is 2.54. The molecule has 1 aromatic rings. The van der Waals surface area contributed by atoms with Crippen LogP contribution in [0.1, 0.15) is 5.56 Å². The summed E-state index contributed by atoms with van der Waals surface area (Å²) in [6, 6.07) is 2.82. The maximum Gasteiger partial charge on any atom is 0.212 e. The van der Waals surface area contributed by atoms with Crippen LogP contribution in [0.5, 0.6) is 0 Å². The molecule has 0 atom stereocenters. The van der Waals surface area contributed by atoms with Crippen molar-refractivity contribution < 1.29 is 9.18 Å². The van der Waals surface area contributed by atoms with Crippen LogP contribution < -0.4 is 5.32 Å². The van der Waals surface area contributed by atoms with Gasteiger partial charge in [-0.1, -0.05) is 6.07 Å². The molecule has 1 rings (SSSR count). The smallest absolute Gasteiger partial charge is 0.212 e. The SMILES string of the molecule is O=CNCc1ccc(F)nc1. The van der Waals surface area contributed by atoms with E-state index < -0.39 is 5.95 Å². The molecule has 0 fully saturated rings. The Balaban J connectivity index is 2.58. The number of pyridine rings is 1. The van der Waals surface area contributed by atoms with Crippen molar-refractivity contribution >= 4 is 6.41 Å². The molecule has 0 saturated heterocycles. The van der Waals surface area contributed by atoms with Gasteiger partial charge in [0.05, 0.1) is 0 Å². The van der Waals surface area contributed by atoms with Gasteiger partial charge >= 0.3 is 0 Å². The Morgan fingerprint density at radius 3 is 3.00 bits per heavy atom. The zero-order chi connectivity index (χ0) is 8.10. The topological polar surface area (TPSA) is 42.0 Å². The summed E-state index contributed by atoms with van der Waals surface area (Å²) < 4.78 is 12.2. The third-order valence-electron chi connectivity index (χ3n) is 1.18. The van der Waals surface area contributed by atoms with Crippen LogP contribution in [0.2, 0.25) is 0 Å². The summed E-state index contributed by atoms with van der Waals surface area (Å²) in [5, 5.41) is 2.44. The number of rotatable bonds is 3. The summed E-state index contributed by atoms with van der Waals surface area (Å²) in [6.07, 6.45) is 1.97. The first-order chi connectivity index (χ1) is 5.33. The lowest BCUT2D eigenvalue weighted by Gasteiger charge is -1.96. The summed E-state index contributed by atoms with van der Waals surface area (Å²) in [5.74, 6) is -0.514. The third kappa shape index (κ3) is 2.33. The van der Waals surface area contributed by atoms with Crippen molar-refractivity contribution in [1.29, 1.82) is 0 Å². The van der Waals surface area contributed by atoms with Crippen molar-refractivity contribution in [1.82, 2.24) is 10.3 Å². The molecule has 1 N–H and O–H groups in total. The summed E-state index contributed by atoms with van der Waals surface area (Å²) in [7, 11) is 0. The molecule has 58 valence electrons. The number of amides is 1. The minimum absolute atomic E-state index is 0.386. The lowest BCUT2D eigenvalue weighted by atomic mass is 10.3. The molecular formula is C7H7FN2O. The quantitative estimate of drug-likeness (QED) is 0.507. The van der Waals surface area contributed by atoms with E-state index in [1.807, 2.05) is 0 Å². The van der Waals surface area contributed by atoms with Crippen LogP contribution in [0.3, 0.4) is 0 Å². The predicted octanol–water partition coefficient (Wildman–Crippen LogP) is 0.467. The first-order valence-corrected chi connectivity index (χ1v) is 3.10. The number of nitrogens with zero attached hydrogens (tertiary/aromatic N) is 1. The van der Waals surface area contributed by atoms with E-state index in [0.717, 1.165) is 5.56 Å². The Labute approximate surface area is 63.3 Å². The van der Waals surface area contributed by atoms with Crippen LogP contribution in [0.4, 0.5) is 4.39 Å². The van der Waals surface area contributed by atoms with E-state index >= 15 is 0 Å². The van der Waals surface area contributed by atoms with Crippen molar-refractivity contribution in [3.05, 3.63) is 29.8 Å². The highest BCUT2D eigenvalue weighted by molar-refractivity contribution is 5.46. The lowest BCUT2D eigenvalue weighted by Crippen LogP contribution is -2.09. The average molecular weight is 154 g/mol. The fraction of sp³-hybridized carbons (Fsp3) is 0.143. The molecule has 11 heavy (non-hydrogen) atoms. The second-order valence-corrected chi connectivity index (χ2v) is 1.99. The van der Waals surface area contributed by atoms with Gasteiger partial charge in [0.15, 0.2) is 0 Å². The van der Waals surface area contributed by atoms with E-state index in [4.69, 9.17) is 0 Å². The number of carbonyl (C=O) groups is 1. The van der Waals surface area contributed by atoms with Gasteiger partial charge < -0.3 is 5.32 Å². The minimum atomic E-state index is -0.514. The van der Waals surface area contributed by atoms with Gasteiger partial charge in [-0.05, 0) is 11.6 Å². The summed E-state index contributed by atoms with van der Waals surface area (Å²) >= 11 is 0. The molecule has 0 aromatic carbocycles. The molecule has 0 spiro atoms. The molecule has 0 radical (unpaired) electrons. The van der Waals surface area contributed by atoms with Gasteiger partial charge in [-0.15, -0.1) is 0 Å². The largest absolute Gasteiger partial charge is 0.355 e. The molecule has 1 aromatic heterocycles. The maximum atomic E-state index is 12.2. The minimum Gasteiger partial charge on any atom is -0.355 e. The number of nitrogens with one attached hydrogen (secondary N) is 1. The molecule has 0 aliphatic carbocycles.